The number of fused-ring (bicyclic) bond motifs is 3. The number of benzene rings is 2. The minimum absolute atomic E-state index is 0.102. The molecule has 2 aromatic rings. The van der Waals surface area contributed by atoms with Crippen molar-refractivity contribution in [3.63, 3.8) is 0 Å². The topological polar surface area (TPSA) is 58.6 Å². The van der Waals surface area contributed by atoms with Crippen LogP contribution in [0.1, 0.15) is 37.8 Å². The zero-order valence-corrected chi connectivity index (χ0v) is 14.8. The Labute approximate surface area is 153 Å². The largest absolute Gasteiger partial charge is 0.465 e. The fourth-order valence-electron chi connectivity index (χ4n) is 4.13. The van der Waals surface area contributed by atoms with Gasteiger partial charge in [0.25, 0.3) is 5.91 Å². The second-order valence-corrected chi connectivity index (χ2v) is 7.05. The molecule has 2 aliphatic heterocycles. The van der Waals surface area contributed by atoms with E-state index in [0.717, 1.165) is 25.2 Å². The Morgan fingerprint density at radius 1 is 1.19 bits per heavy atom. The van der Waals surface area contributed by atoms with Gasteiger partial charge in [-0.1, -0.05) is 36.4 Å². The Balaban J connectivity index is 1.61. The summed E-state index contributed by atoms with van der Waals surface area (Å²) in [4.78, 5) is 26.8. The van der Waals surface area contributed by atoms with Crippen LogP contribution >= 0.6 is 0 Å². The van der Waals surface area contributed by atoms with Crippen LogP contribution in [0.5, 0.6) is 0 Å². The summed E-state index contributed by atoms with van der Waals surface area (Å²) in [6, 6.07) is 15.8. The van der Waals surface area contributed by atoms with E-state index >= 15 is 0 Å². The average Bonchev–Trinajstić information content (AvgIpc) is 3.02. The predicted molar refractivity (Wildman–Crippen MR) is 98.1 cm³/mol. The number of hydrogen-bond acceptors (Lipinski definition) is 4. The molecule has 2 aromatic carbocycles. The van der Waals surface area contributed by atoms with Gasteiger partial charge in [0.05, 0.1) is 12.7 Å². The molecule has 0 aromatic heterocycles. The monoisotopic (exact) mass is 350 g/mol. The van der Waals surface area contributed by atoms with Crippen molar-refractivity contribution in [3.8, 4) is 0 Å². The summed E-state index contributed by atoms with van der Waals surface area (Å²) in [5.74, 6) is 0.153. The van der Waals surface area contributed by atoms with Gasteiger partial charge in [-0.2, -0.15) is 0 Å². The molecule has 1 saturated heterocycles. The maximum atomic E-state index is 12.5. The highest BCUT2D eigenvalue weighted by Crippen LogP contribution is 2.37. The number of likely N-dealkylation sites (tertiary alicyclic amines) is 1. The van der Waals surface area contributed by atoms with Crippen LogP contribution in [0.3, 0.4) is 0 Å². The number of nitrogens with zero attached hydrogens (tertiary/aromatic N) is 1. The van der Waals surface area contributed by atoms with Gasteiger partial charge < -0.3 is 10.1 Å². The van der Waals surface area contributed by atoms with E-state index < -0.39 is 5.97 Å². The van der Waals surface area contributed by atoms with Crippen molar-refractivity contribution in [1.29, 1.82) is 0 Å². The molecule has 0 radical (unpaired) electrons. The second kappa shape index (κ2) is 6.92. The Morgan fingerprint density at radius 2 is 2.00 bits per heavy atom. The molecule has 2 heterocycles. The van der Waals surface area contributed by atoms with Crippen LogP contribution in [-0.2, 0) is 11.3 Å². The molecule has 1 N–H and O–H groups in total. The maximum Gasteiger partial charge on any atom is 0.337 e. The third-order valence-electron chi connectivity index (χ3n) is 5.41. The zero-order chi connectivity index (χ0) is 18.1. The molecule has 26 heavy (non-hydrogen) atoms. The van der Waals surface area contributed by atoms with Crippen molar-refractivity contribution in [1.82, 2.24) is 10.2 Å². The fraction of sp³-hybridized carbons (Fsp3) is 0.333. The number of hydrogen-bond donors (Lipinski definition) is 1. The quantitative estimate of drug-likeness (QED) is 0.864. The van der Waals surface area contributed by atoms with Crippen LogP contribution in [0.25, 0.3) is 0 Å². The van der Waals surface area contributed by atoms with E-state index in [1.807, 2.05) is 12.1 Å². The van der Waals surface area contributed by atoms with Gasteiger partial charge in [-0.3, -0.25) is 9.69 Å². The zero-order valence-electron chi connectivity index (χ0n) is 14.8. The van der Waals surface area contributed by atoms with Gasteiger partial charge in [0, 0.05) is 37.7 Å². The first-order valence-corrected chi connectivity index (χ1v) is 8.92. The van der Waals surface area contributed by atoms with Crippen molar-refractivity contribution < 1.29 is 14.3 Å². The molecular formula is C21H22N2O3. The van der Waals surface area contributed by atoms with Crippen molar-refractivity contribution in [2.45, 2.75) is 12.5 Å². The first kappa shape index (κ1) is 16.8. The molecular weight excluding hydrogens is 328 g/mol. The average molecular weight is 350 g/mol. The van der Waals surface area contributed by atoms with E-state index in [-0.39, 0.29) is 5.91 Å². The van der Waals surface area contributed by atoms with Crippen LogP contribution in [-0.4, -0.2) is 43.5 Å². The number of esters is 1. The fourth-order valence-corrected chi connectivity index (χ4v) is 4.13. The van der Waals surface area contributed by atoms with Crippen molar-refractivity contribution in [2.75, 3.05) is 26.7 Å². The minimum Gasteiger partial charge on any atom is -0.465 e. The number of methoxy groups -OCH3 is 1. The number of rotatable bonds is 3. The van der Waals surface area contributed by atoms with Crippen LogP contribution < -0.4 is 5.32 Å². The molecule has 0 spiro atoms. The number of nitrogens with one attached hydrogen (secondary N) is 1. The number of amides is 1. The molecule has 134 valence electrons. The van der Waals surface area contributed by atoms with E-state index in [2.05, 4.69) is 34.5 Å². The van der Waals surface area contributed by atoms with Crippen LogP contribution in [0.15, 0.2) is 48.5 Å². The van der Waals surface area contributed by atoms with Gasteiger partial charge in [0.15, 0.2) is 0 Å². The molecule has 1 amide bonds. The minimum atomic E-state index is -0.418. The normalized spacial score (nSPS) is 22.1. The summed E-state index contributed by atoms with van der Waals surface area (Å²) >= 11 is 0. The van der Waals surface area contributed by atoms with Gasteiger partial charge >= 0.3 is 5.97 Å². The SMILES string of the molecule is COC(=O)c1ccc2c(c1)C(=O)NC[C@@H]1CN(Cc3ccccc3)C[C@@H]21. The molecule has 4 rings (SSSR count). The summed E-state index contributed by atoms with van der Waals surface area (Å²) in [7, 11) is 1.35. The third-order valence-corrected chi connectivity index (χ3v) is 5.41. The number of ether oxygens (including phenoxy) is 1. The molecule has 0 bridgehead atoms. The summed E-state index contributed by atoms with van der Waals surface area (Å²) in [6.07, 6.45) is 0. The summed E-state index contributed by atoms with van der Waals surface area (Å²) < 4.78 is 4.78. The van der Waals surface area contributed by atoms with E-state index in [1.54, 1.807) is 12.1 Å². The summed E-state index contributed by atoms with van der Waals surface area (Å²) in [5, 5.41) is 3.02. The standard InChI is InChI=1S/C21H22N2O3/c1-26-21(25)15-7-8-17-18(9-15)20(24)22-10-16-12-23(13-19(16)17)11-14-5-3-2-4-6-14/h2-9,16,19H,10-13H2,1H3,(H,22,24)/t16-,19-/m1/s1. The highest BCUT2D eigenvalue weighted by atomic mass is 16.5. The highest BCUT2D eigenvalue weighted by Gasteiger charge is 2.38. The summed E-state index contributed by atoms with van der Waals surface area (Å²) in [6.45, 7) is 3.45. The van der Waals surface area contributed by atoms with Crippen molar-refractivity contribution in [2.24, 2.45) is 5.92 Å². The van der Waals surface area contributed by atoms with E-state index in [4.69, 9.17) is 4.74 Å². The Kier molecular flexibility index (Phi) is 4.47. The van der Waals surface area contributed by atoms with Gasteiger partial charge in [0.1, 0.15) is 0 Å². The van der Waals surface area contributed by atoms with Crippen molar-refractivity contribution in [3.05, 3.63) is 70.8 Å². The summed E-state index contributed by atoms with van der Waals surface area (Å²) in [5.41, 5.74) is 3.35. The van der Waals surface area contributed by atoms with Crippen molar-refractivity contribution >= 4 is 11.9 Å². The number of carbonyl (C=O) groups excluding carboxylic acids is 2. The molecule has 2 aliphatic rings. The Morgan fingerprint density at radius 3 is 2.77 bits per heavy atom. The lowest BCUT2D eigenvalue weighted by molar-refractivity contribution is 0.0600. The lowest BCUT2D eigenvalue weighted by atomic mass is 9.86. The smallest absolute Gasteiger partial charge is 0.337 e. The maximum absolute atomic E-state index is 12.5. The van der Waals surface area contributed by atoms with E-state index in [1.165, 1.54) is 12.7 Å². The molecule has 0 saturated carbocycles. The van der Waals surface area contributed by atoms with Crippen LogP contribution in [0.2, 0.25) is 0 Å². The van der Waals surface area contributed by atoms with Gasteiger partial charge in [-0.25, -0.2) is 4.79 Å². The molecule has 5 nitrogen and oxygen atoms in total. The Bertz CT molecular complexity index is 834. The first-order chi connectivity index (χ1) is 12.7. The van der Waals surface area contributed by atoms with Crippen LogP contribution in [0, 0.1) is 5.92 Å². The lowest BCUT2D eigenvalue weighted by Gasteiger charge is -2.18. The van der Waals surface area contributed by atoms with Crippen LogP contribution in [0.4, 0.5) is 0 Å². The lowest BCUT2D eigenvalue weighted by Crippen LogP contribution is -2.29. The third kappa shape index (κ3) is 3.10. The van der Waals surface area contributed by atoms with E-state index in [9.17, 15) is 9.59 Å². The van der Waals surface area contributed by atoms with Gasteiger partial charge in [-0.05, 0) is 29.2 Å². The second-order valence-electron chi connectivity index (χ2n) is 7.05. The first-order valence-electron chi connectivity index (χ1n) is 8.92. The Hall–Kier alpha value is -2.66. The van der Waals surface area contributed by atoms with Gasteiger partial charge in [0.2, 0.25) is 0 Å². The number of carbonyl (C=O) groups is 2. The molecule has 2 atom stereocenters. The van der Waals surface area contributed by atoms with E-state index in [0.29, 0.717) is 29.5 Å². The highest BCUT2D eigenvalue weighted by molar-refractivity contribution is 5.99. The molecule has 0 aliphatic carbocycles. The molecule has 1 fully saturated rings. The molecule has 5 heteroatoms. The van der Waals surface area contributed by atoms with Gasteiger partial charge in [-0.15, -0.1) is 0 Å². The predicted octanol–water partition coefficient (Wildman–Crippen LogP) is 2.43. The molecule has 0 unspecified atom stereocenters.